The van der Waals surface area contributed by atoms with E-state index >= 15 is 0 Å². The molecule has 0 amide bonds. The number of hydrogen-bond donors (Lipinski definition) is 1. The molecule has 0 aliphatic carbocycles. The smallest absolute Gasteiger partial charge is 0.216 e. The van der Waals surface area contributed by atoms with Gasteiger partial charge in [0.25, 0.3) is 0 Å². The number of nitriles is 1. The van der Waals surface area contributed by atoms with Crippen LogP contribution in [0.15, 0.2) is 77.9 Å². The van der Waals surface area contributed by atoms with E-state index in [0.717, 1.165) is 26.0 Å². The minimum absolute atomic E-state index is 0.331. The van der Waals surface area contributed by atoms with Gasteiger partial charge in [-0.15, -0.1) is 0 Å². The van der Waals surface area contributed by atoms with Crippen LogP contribution >= 0.6 is 34.8 Å². The third kappa shape index (κ3) is 4.90. The number of aromatic nitrogens is 3. The SMILES string of the molecule is N#Cc1ccccc1COc1ccc(/C=N\n2c(-c3ccccc3)n[nH]c2=S)cc1I. The van der Waals surface area contributed by atoms with E-state index in [1.807, 2.05) is 66.7 Å². The minimum Gasteiger partial charge on any atom is -0.488 e. The number of aromatic amines is 1. The molecule has 8 heteroatoms. The van der Waals surface area contributed by atoms with Crippen molar-refractivity contribution in [2.75, 3.05) is 0 Å². The Morgan fingerprint density at radius 2 is 1.90 bits per heavy atom. The lowest BCUT2D eigenvalue weighted by molar-refractivity contribution is 0.303. The summed E-state index contributed by atoms with van der Waals surface area (Å²) in [7, 11) is 0. The van der Waals surface area contributed by atoms with Crippen LogP contribution in [0.3, 0.4) is 0 Å². The van der Waals surface area contributed by atoms with Crippen molar-refractivity contribution < 1.29 is 4.74 Å². The van der Waals surface area contributed by atoms with Gasteiger partial charge < -0.3 is 4.74 Å². The Kier molecular flexibility index (Phi) is 6.54. The lowest BCUT2D eigenvalue weighted by Gasteiger charge is -2.10. The number of nitrogens with zero attached hydrogens (tertiary/aromatic N) is 4. The van der Waals surface area contributed by atoms with Crippen molar-refractivity contribution >= 4 is 41.0 Å². The first-order valence-electron chi connectivity index (χ1n) is 9.33. The Bertz CT molecular complexity index is 1340. The quantitative estimate of drug-likeness (QED) is 0.199. The van der Waals surface area contributed by atoms with Crippen LogP contribution in [-0.4, -0.2) is 21.1 Å². The van der Waals surface area contributed by atoms with Crippen LogP contribution in [0.25, 0.3) is 11.4 Å². The molecule has 31 heavy (non-hydrogen) atoms. The van der Waals surface area contributed by atoms with Crippen LogP contribution in [-0.2, 0) is 6.61 Å². The zero-order valence-corrected chi connectivity index (χ0v) is 19.2. The van der Waals surface area contributed by atoms with Crippen molar-refractivity contribution in [2.24, 2.45) is 5.10 Å². The lowest BCUT2D eigenvalue weighted by Crippen LogP contribution is -2.00. The third-order valence-corrected chi connectivity index (χ3v) is 5.59. The summed E-state index contributed by atoms with van der Waals surface area (Å²) >= 11 is 7.55. The first-order chi connectivity index (χ1) is 15.2. The summed E-state index contributed by atoms with van der Waals surface area (Å²) in [6, 6.07) is 25.1. The molecule has 0 unspecified atom stereocenters. The number of ether oxygens (including phenoxy) is 1. The van der Waals surface area contributed by atoms with Gasteiger partial charge in [-0.05, 0) is 64.6 Å². The predicted molar refractivity (Wildman–Crippen MR) is 130 cm³/mol. The minimum atomic E-state index is 0.331. The molecular formula is C23H16IN5OS. The highest BCUT2D eigenvalue weighted by Crippen LogP contribution is 2.23. The Labute approximate surface area is 198 Å². The van der Waals surface area contributed by atoms with Gasteiger partial charge >= 0.3 is 0 Å². The van der Waals surface area contributed by atoms with Gasteiger partial charge in [-0.3, -0.25) is 0 Å². The monoisotopic (exact) mass is 537 g/mol. The van der Waals surface area contributed by atoms with Gasteiger partial charge in [0.15, 0.2) is 5.82 Å². The summed E-state index contributed by atoms with van der Waals surface area (Å²) in [4.78, 5) is 0. The van der Waals surface area contributed by atoms with Crippen LogP contribution in [0.4, 0.5) is 0 Å². The number of halogens is 1. The van der Waals surface area contributed by atoms with E-state index in [9.17, 15) is 5.26 Å². The number of H-pyrrole nitrogens is 1. The second-order valence-corrected chi connectivity index (χ2v) is 8.07. The van der Waals surface area contributed by atoms with Crippen molar-refractivity contribution in [3.63, 3.8) is 0 Å². The van der Waals surface area contributed by atoms with Crippen LogP contribution < -0.4 is 4.74 Å². The second-order valence-electron chi connectivity index (χ2n) is 6.52. The fraction of sp³-hybridized carbons (Fsp3) is 0.0435. The van der Waals surface area contributed by atoms with E-state index in [-0.39, 0.29) is 0 Å². The Morgan fingerprint density at radius 3 is 2.68 bits per heavy atom. The summed E-state index contributed by atoms with van der Waals surface area (Å²) in [5.41, 5.74) is 3.29. The molecule has 3 aromatic carbocycles. The van der Waals surface area contributed by atoms with Gasteiger partial charge in [-0.1, -0.05) is 48.5 Å². The molecule has 1 heterocycles. The fourth-order valence-corrected chi connectivity index (χ4v) is 3.80. The number of benzene rings is 3. The molecule has 0 spiro atoms. The first-order valence-corrected chi connectivity index (χ1v) is 10.8. The highest BCUT2D eigenvalue weighted by atomic mass is 127. The maximum absolute atomic E-state index is 9.22. The molecule has 0 saturated heterocycles. The molecule has 4 aromatic rings. The molecule has 1 N–H and O–H groups in total. The molecule has 1 aromatic heterocycles. The average Bonchev–Trinajstić information content (AvgIpc) is 3.18. The number of nitrogens with one attached hydrogen (secondary N) is 1. The predicted octanol–water partition coefficient (Wildman–Crippen LogP) is 5.55. The van der Waals surface area contributed by atoms with Crippen LogP contribution in [0.1, 0.15) is 16.7 Å². The molecule has 152 valence electrons. The van der Waals surface area contributed by atoms with Gasteiger partial charge in [-0.2, -0.15) is 20.1 Å². The molecule has 0 bridgehead atoms. The van der Waals surface area contributed by atoms with E-state index in [2.05, 4.69) is 44.0 Å². The zero-order valence-electron chi connectivity index (χ0n) is 16.2. The molecule has 0 fully saturated rings. The second kappa shape index (κ2) is 9.68. The molecule has 0 atom stereocenters. The summed E-state index contributed by atoms with van der Waals surface area (Å²) in [5, 5.41) is 20.8. The standard InChI is InChI=1S/C23H16IN5OS/c24-20-12-16(10-11-21(20)30-15-19-9-5-4-8-18(19)13-25)14-26-29-22(27-28-23(29)31)17-6-2-1-3-7-17/h1-12,14H,15H2,(H,28,31)/b26-14-. The van der Waals surface area contributed by atoms with Crippen LogP contribution in [0, 0.1) is 19.7 Å². The summed E-state index contributed by atoms with van der Waals surface area (Å²) in [6.45, 7) is 0.331. The van der Waals surface area contributed by atoms with Gasteiger partial charge in [0.2, 0.25) is 4.77 Å². The van der Waals surface area contributed by atoms with Crippen molar-refractivity contribution in [1.82, 2.24) is 14.9 Å². The van der Waals surface area contributed by atoms with Gasteiger partial charge in [0.05, 0.1) is 21.4 Å². The molecule has 6 nitrogen and oxygen atoms in total. The summed E-state index contributed by atoms with van der Waals surface area (Å²) < 4.78 is 8.88. The Balaban J connectivity index is 1.52. The van der Waals surface area contributed by atoms with Gasteiger partial charge in [0.1, 0.15) is 12.4 Å². The summed E-state index contributed by atoms with van der Waals surface area (Å²) in [5.74, 6) is 1.39. The van der Waals surface area contributed by atoms with Crippen molar-refractivity contribution in [1.29, 1.82) is 5.26 Å². The van der Waals surface area contributed by atoms with E-state index in [0.29, 0.717) is 22.8 Å². The Morgan fingerprint density at radius 1 is 1.13 bits per heavy atom. The van der Waals surface area contributed by atoms with Crippen molar-refractivity contribution in [3.8, 4) is 23.2 Å². The van der Waals surface area contributed by atoms with E-state index in [4.69, 9.17) is 17.0 Å². The molecule has 0 aliphatic heterocycles. The van der Waals surface area contributed by atoms with Crippen molar-refractivity contribution in [3.05, 3.63) is 97.8 Å². The zero-order chi connectivity index (χ0) is 21.6. The molecular weight excluding hydrogens is 521 g/mol. The van der Waals surface area contributed by atoms with Gasteiger partial charge in [-0.25, -0.2) is 5.10 Å². The van der Waals surface area contributed by atoms with E-state index in [1.54, 1.807) is 17.0 Å². The molecule has 0 aliphatic rings. The lowest BCUT2D eigenvalue weighted by atomic mass is 10.1. The number of rotatable bonds is 6. The average molecular weight is 537 g/mol. The fourth-order valence-electron chi connectivity index (χ4n) is 2.92. The Hall–Kier alpha value is -3.29. The molecule has 0 saturated carbocycles. The number of hydrogen-bond acceptors (Lipinski definition) is 5. The normalized spacial score (nSPS) is 10.8. The topological polar surface area (TPSA) is 79.0 Å². The van der Waals surface area contributed by atoms with E-state index < -0.39 is 0 Å². The van der Waals surface area contributed by atoms with Gasteiger partial charge in [0, 0.05) is 11.1 Å². The third-order valence-electron chi connectivity index (χ3n) is 4.48. The maximum atomic E-state index is 9.22. The van der Waals surface area contributed by atoms with Crippen LogP contribution in [0.5, 0.6) is 5.75 Å². The highest BCUT2D eigenvalue weighted by Gasteiger charge is 2.08. The van der Waals surface area contributed by atoms with Crippen molar-refractivity contribution in [2.45, 2.75) is 6.61 Å². The largest absolute Gasteiger partial charge is 0.488 e. The maximum Gasteiger partial charge on any atom is 0.216 e. The molecule has 4 rings (SSSR count). The first kappa shape index (κ1) is 21.0. The highest BCUT2D eigenvalue weighted by molar-refractivity contribution is 14.1. The summed E-state index contributed by atoms with van der Waals surface area (Å²) in [6.07, 6.45) is 1.73. The molecule has 0 radical (unpaired) electrons. The van der Waals surface area contributed by atoms with Crippen LogP contribution in [0.2, 0.25) is 0 Å². The van der Waals surface area contributed by atoms with E-state index in [1.165, 1.54) is 0 Å².